The van der Waals surface area contributed by atoms with Gasteiger partial charge in [-0.15, -0.1) is 0 Å². The molecule has 0 atom stereocenters. The van der Waals surface area contributed by atoms with E-state index in [0.29, 0.717) is 17.9 Å². The minimum absolute atomic E-state index is 0.151. The van der Waals surface area contributed by atoms with Crippen LogP contribution in [0.25, 0.3) is 0 Å². The minimum atomic E-state index is -0.304. The summed E-state index contributed by atoms with van der Waals surface area (Å²) in [4.78, 5) is 19.9. The molecule has 24 heavy (non-hydrogen) atoms. The third-order valence-corrected chi connectivity index (χ3v) is 4.36. The lowest BCUT2D eigenvalue weighted by molar-refractivity contribution is -0.384. The Hall–Kier alpha value is -2.48. The molecule has 2 aromatic heterocycles. The summed E-state index contributed by atoms with van der Waals surface area (Å²) in [6, 6.07) is 5.92. The zero-order chi connectivity index (χ0) is 17.1. The summed E-state index contributed by atoms with van der Waals surface area (Å²) in [6.07, 6.45) is 2.36. The highest BCUT2D eigenvalue weighted by Gasteiger charge is 2.31. The van der Waals surface area contributed by atoms with Crippen molar-refractivity contribution in [2.24, 2.45) is 7.05 Å². The van der Waals surface area contributed by atoms with Crippen molar-refractivity contribution in [1.29, 1.82) is 0 Å². The first-order valence-electron chi connectivity index (χ1n) is 8.17. The van der Waals surface area contributed by atoms with Gasteiger partial charge in [0.15, 0.2) is 0 Å². The van der Waals surface area contributed by atoms with Gasteiger partial charge < -0.3 is 4.90 Å². The van der Waals surface area contributed by atoms with Crippen LogP contribution in [0.4, 0.5) is 11.5 Å². The quantitative estimate of drug-likeness (QED) is 0.612. The summed E-state index contributed by atoms with van der Waals surface area (Å²) < 4.78 is 1.64. The second-order valence-corrected chi connectivity index (χ2v) is 5.94. The van der Waals surface area contributed by atoms with Gasteiger partial charge in [-0.1, -0.05) is 13.0 Å². The van der Waals surface area contributed by atoms with Gasteiger partial charge >= 0.3 is 5.69 Å². The standard InChI is InChI=1S/C16H22N6O2/c1-3-14-15(22(23)24)16(19(2)18-14)21-10-8-20(9-11-21)12-13-6-4-5-7-17-13/h4-7H,3,8-12H2,1-2H3. The van der Waals surface area contributed by atoms with Crippen LogP contribution >= 0.6 is 0 Å². The molecule has 8 nitrogen and oxygen atoms in total. The Balaban J connectivity index is 1.71. The Labute approximate surface area is 140 Å². The van der Waals surface area contributed by atoms with Crippen LogP contribution in [0.3, 0.4) is 0 Å². The van der Waals surface area contributed by atoms with Crippen LogP contribution in [0.15, 0.2) is 24.4 Å². The highest BCUT2D eigenvalue weighted by Crippen LogP contribution is 2.32. The molecule has 2 aromatic rings. The van der Waals surface area contributed by atoms with Gasteiger partial charge in [0.05, 0.1) is 10.6 Å². The first kappa shape index (κ1) is 16.4. The number of hydrogen-bond acceptors (Lipinski definition) is 6. The zero-order valence-corrected chi connectivity index (χ0v) is 14.1. The van der Waals surface area contributed by atoms with E-state index in [1.165, 1.54) is 0 Å². The van der Waals surface area contributed by atoms with Crippen LogP contribution < -0.4 is 4.90 Å². The molecule has 0 radical (unpaired) electrons. The Morgan fingerprint density at radius 1 is 1.25 bits per heavy atom. The molecule has 0 aromatic carbocycles. The smallest absolute Gasteiger partial charge is 0.334 e. The number of nitrogens with zero attached hydrogens (tertiary/aromatic N) is 6. The van der Waals surface area contributed by atoms with Gasteiger partial charge in [0.1, 0.15) is 5.69 Å². The van der Waals surface area contributed by atoms with Crippen LogP contribution in [0.2, 0.25) is 0 Å². The van der Waals surface area contributed by atoms with E-state index in [-0.39, 0.29) is 10.6 Å². The van der Waals surface area contributed by atoms with E-state index in [4.69, 9.17) is 0 Å². The molecule has 128 valence electrons. The molecule has 1 aliphatic rings. The Kier molecular flexibility index (Phi) is 4.75. The summed E-state index contributed by atoms with van der Waals surface area (Å²) in [5.41, 5.74) is 1.75. The third-order valence-electron chi connectivity index (χ3n) is 4.36. The maximum absolute atomic E-state index is 11.5. The molecule has 3 rings (SSSR count). The topological polar surface area (TPSA) is 80.3 Å². The molecule has 0 bridgehead atoms. The number of piperazine rings is 1. The van der Waals surface area contributed by atoms with Gasteiger partial charge in [-0.05, 0) is 18.6 Å². The molecule has 0 aliphatic carbocycles. The molecule has 0 amide bonds. The zero-order valence-electron chi connectivity index (χ0n) is 14.1. The van der Waals surface area contributed by atoms with Crippen LogP contribution in [-0.2, 0) is 20.0 Å². The van der Waals surface area contributed by atoms with E-state index in [2.05, 4.69) is 19.9 Å². The molecule has 0 N–H and O–H groups in total. The number of pyridine rings is 1. The number of nitro groups is 1. The summed E-state index contributed by atoms with van der Waals surface area (Å²) in [5.74, 6) is 0.620. The second kappa shape index (κ2) is 6.96. The molecule has 3 heterocycles. The van der Waals surface area contributed by atoms with E-state index in [9.17, 15) is 10.1 Å². The van der Waals surface area contributed by atoms with E-state index in [1.807, 2.05) is 25.1 Å². The van der Waals surface area contributed by atoms with Crippen molar-refractivity contribution in [3.05, 3.63) is 45.9 Å². The largest absolute Gasteiger partial charge is 0.349 e. The van der Waals surface area contributed by atoms with Gasteiger partial charge in [0.25, 0.3) is 0 Å². The second-order valence-electron chi connectivity index (χ2n) is 5.94. The van der Waals surface area contributed by atoms with E-state index < -0.39 is 0 Å². The average molecular weight is 330 g/mol. The Bertz CT molecular complexity index is 707. The number of hydrogen-bond donors (Lipinski definition) is 0. The predicted molar refractivity (Wildman–Crippen MR) is 91.0 cm³/mol. The van der Waals surface area contributed by atoms with Crippen LogP contribution in [-0.4, -0.2) is 50.8 Å². The van der Waals surface area contributed by atoms with Crippen molar-refractivity contribution < 1.29 is 4.92 Å². The minimum Gasteiger partial charge on any atom is -0.349 e. The lowest BCUT2D eigenvalue weighted by atomic mass is 10.2. The summed E-state index contributed by atoms with van der Waals surface area (Å²) >= 11 is 0. The van der Waals surface area contributed by atoms with Crippen molar-refractivity contribution >= 4 is 11.5 Å². The van der Waals surface area contributed by atoms with Crippen LogP contribution in [0, 0.1) is 10.1 Å². The third kappa shape index (κ3) is 3.23. The van der Waals surface area contributed by atoms with Gasteiger partial charge in [-0.3, -0.25) is 20.0 Å². The highest BCUT2D eigenvalue weighted by atomic mass is 16.6. The fourth-order valence-electron chi connectivity index (χ4n) is 3.18. The molecule has 1 aliphatic heterocycles. The maximum Gasteiger partial charge on any atom is 0.334 e. The summed E-state index contributed by atoms with van der Waals surface area (Å²) in [6.45, 7) is 5.89. The number of anilines is 1. The predicted octanol–water partition coefficient (Wildman–Crippen LogP) is 1.61. The summed E-state index contributed by atoms with van der Waals surface area (Å²) in [5, 5.41) is 15.8. The van der Waals surface area contributed by atoms with Crippen LogP contribution in [0.5, 0.6) is 0 Å². The van der Waals surface area contributed by atoms with Crippen molar-refractivity contribution in [3.63, 3.8) is 0 Å². The fraction of sp³-hybridized carbons (Fsp3) is 0.500. The van der Waals surface area contributed by atoms with Gasteiger partial charge in [0.2, 0.25) is 5.82 Å². The van der Waals surface area contributed by atoms with Gasteiger partial charge in [0, 0.05) is 46.0 Å². The number of aryl methyl sites for hydroxylation is 2. The summed E-state index contributed by atoms with van der Waals surface area (Å²) in [7, 11) is 1.78. The van der Waals surface area contributed by atoms with Crippen molar-refractivity contribution in [3.8, 4) is 0 Å². The molecule has 0 unspecified atom stereocenters. The molecule has 0 spiro atoms. The Morgan fingerprint density at radius 2 is 2.00 bits per heavy atom. The molecule has 8 heteroatoms. The lowest BCUT2D eigenvalue weighted by Crippen LogP contribution is -2.46. The number of aromatic nitrogens is 3. The molecule has 1 saturated heterocycles. The molecular weight excluding hydrogens is 308 g/mol. The van der Waals surface area contributed by atoms with E-state index >= 15 is 0 Å². The highest BCUT2D eigenvalue weighted by molar-refractivity contribution is 5.61. The van der Waals surface area contributed by atoms with E-state index in [0.717, 1.165) is 38.4 Å². The van der Waals surface area contributed by atoms with E-state index in [1.54, 1.807) is 17.9 Å². The Morgan fingerprint density at radius 3 is 2.58 bits per heavy atom. The number of rotatable bonds is 5. The average Bonchev–Trinajstić information content (AvgIpc) is 2.93. The van der Waals surface area contributed by atoms with Crippen molar-refractivity contribution in [2.75, 3.05) is 31.1 Å². The van der Waals surface area contributed by atoms with Crippen molar-refractivity contribution in [1.82, 2.24) is 19.7 Å². The lowest BCUT2D eigenvalue weighted by Gasteiger charge is -2.35. The first-order valence-corrected chi connectivity index (χ1v) is 8.17. The van der Waals surface area contributed by atoms with Crippen molar-refractivity contribution in [2.45, 2.75) is 19.9 Å². The van der Waals surface area contributed by atoms with Gasteiger partial charge in [-0.25, -0.2) is 4.68 Å². The molecule has 1 fully saturated rings. The molecule has 0 saturated carbocycles. The fourth-order valence-corrected chi connectivity index (χ4v) is 3.18. The monoisotopic (exact) mass is 330 g/mol. The SMILES string of the molecule is CCc1nn(C)c(N2CCN(Cc3ccccn3)CC2)c1[N+](=O)[O-]. The molecular formula is C16H22N6O2. The van der Waals surface area contributed by atoms with Crippen LogP contribution in [0.1, 0.15) is 18.3 Å². The van der Waals surface area contributed by atoms with Gasteiger partial charge in [-0.2, -0.15) is 5.10 Å². The maximum atomic E-state index is 11.5. The first-order chi connectivity index (χ1) is 11.6. The normalized spacial score (nSPS) is 15.7.